The monoisotopic (exact) mass is 426 g/mol. The molecule has 0 saturated carbocycles. The molecule has 0 N–H and O–H groups in total. The smallest absolute Gasteiger partial charge is 0.329 e. The molecular formula is C19H12F6N4O. The first-order valence-electron chi connectivity index (χ1n) is 8.57. The molecule has 0 unspecified atom stereocenters. The van der Waals surface area contributed by atoms with Crippen LogP contribution in [0.1, 0.15) is 22.8 Å². The van der Waals surface area contributed by atoms with Crippen molar-refractivity contribution in [3.05, 3.63) is 65.3 Å². The second-order valence-corrected chi connectivity index (χ2v) is 6.56. The van der Waals surface area contributed by atoms with Gasteiger partial charge in [-0.1, -0.05) is 29.4 Å². The summed E-state index contributed by atoms with van der Waals surface area (Å²) in [5.74, 6) is -1.10. The number of rotatable bonds is 3. The summed E-state index contributed by atoms with van der Waals surface area (Å²) in [4.78, 5) is 7.53. The number of hydrogen-bond acceptors (Lipinski definition) is 4. The standard InChI is InChI=1S/C19H12F6N4O/c1-10-26-14-8-13(18(20,21)22)6-7-15(14)29(10)9-11-2-4-12(5-3-11)16-27-17(30-28-16)19(23,24)25/h2-8H,9H2,1H3. The maximum atomic E-state index is 12.9. The normalized spacial score (nSPS) is 12.6. The topological polar surface area (TPSA) is 56.7 Å². The van der Waals surface area contributed by atoms with Gasteiger partial charge in [-0.25, -0.2) is 4.98 Å². The van der Waals surface area contributed by atoms with Crippen molar-refractivity contribution < 1.29 is 30.9 Å². The summed E-state index contributed by atoms with van der Waals surface area (Å²) in [6.07, 6.45) is -9.18. The Balaban J connectivity index is 1.60. The summed E-state index contributed by atoms with van der Waals surface area (Å²) < 4.78 is 82.4. The Morgan fingerprint density at radius 2 is 1.60 bits per heavy atom. The molecule has 0 saturated heterocycles. The second kappa shape index (κ2) is 6.85. The number of nitrogens with zero attached hydrogens (tertiary/aromatic N) is 4. The third kappa shape index (κ3) is 3.74. The van der Waals surface area contributed by atoms with Crippen molar-refractivity contribution in [1.82, 2.24) is 19.7 Å². The molecule has 5 nitrogen and oxygen atoms in total. The highest BCUT2D eigenvalue weighted by molar-refractivity contribution is 5.77. The molecule has 2 heterocycles. The van der Waals surface area contributed by atoms with Crippen molar-refractivity contribution in [2.75, 3.05) is 0 Å². The van der Waals surface area contributed by atoms with Gasteiger partial charge in [-0.3, -0.25) is 0 Å². The Morgan fingerprint density at radius 3 is 2.20 bits per heavy atom. The van der Waals surface area contributed by atoms with Crippen LogP contribution in [0.2, 0.25) is 0 Å². The Bertz CT molecular complexity index is 1200. The molecule has 0 aliphatic rings. The number of imidazole rings is 1. The highest BCUT2D eigenvalue weighted by Crippen LogP contribution is 2.32. The molecular weight excluding hydrogens is 414 g/mol. The summed E-state index contributed by atoms with van der Waals surface area (Å²) in [5.41, 5.74) is 1.09. The zero-order valence-electron chi connectivity index (χ0n) is 15.2. The number of alkyl halides is 6. The minimum Gasteiger partial charge on any atom is -0.329 e. The van der Waals surface area contributed by atoms with Gasteiger partial charge in [-0.2, -0.15) is 31.3 Å². The van der Waals surface area contributed by atoms with Crippen molar-refractivity contribution in [2.45, 2.75) is 25.8 Å². The molecule has 0 aliphatic carbocycles. The van der Waals surface area contributed by atoms with E-state index >= 15 is 0 Å². The Kier molecular flexibility index (Phi) is 4.55. The number of aromatic nitrogens is 4. The lowest BCUT2D eigenvalue weighted by Gasteiger charge is -2.09. The van der Waals surface area contributed by atoms with Crippen LogP contribution in [-0.4, -0.2) is 19.7 Å². The first kappa shape index (κ1) is 19.9. The maximum absolute atomic E-state index is 12.9. The molecule has 11 heteroatoms. The first-order chi connectivity index (χ1) is 14.0. The van der Waals surface area contributed by atoms with Crippen LogP contribution < -0.4 is 0 Å². The van der Waals surface area contributed by atoms with Gasteiger partial charge in [0.1, 0.15) is 5.82 Å². The van der Waals surface area contributed by atoms with Gasteiger partial charge in [0.2, 0.25) is 5.82 Å². The minimum atomic E-state index is -4.73. The molecule has 4 rings (SSSR count). The van der Waals surface area contributed by atoms with Crippen LogP contribution in [0.3, 0.4) is 0 Å². The van der Waals surface area contributed by atoms with Crippen molar-refractivity contribution in [3.63, 3.8) is 0 Å². The van der Waals surface area contributed by atoms with Gasteiger partial charge in [-0.05, 0) is 30.7 Å². The predicted molar refractivity (Wildman–Crippen MR) is 93.3 cm³/mol. The van der Waals surface area contributed by atoms with Crippen molar-refractivity contribution in [2.24, 2.45) is 0 Å². The zero-order valence-corrected chi connectivity index (χ0v) is 15.2. The summed E-state index contributed by atoms with van der Waals surface area (Å²) in [5, 5.41) is 3.33. The fourth-order valence-electron chi connectivity index (χ4n) is 3.02. The second-order valence-electron chi connectivity index (χ2n) is 6.56. The van der Waals surface area contributed by atoms with Crippen LogP contribution in [0.4, 0.5) is 26.3 Å². The lowest BCUT2D eigenvalue weighted by atomic mass is 10.1. The average molecular weight is 426 g/mol. The molecule has 0 aliphatic heterocycles. The molecule has 30 heavy (non-hydrogen) atoms. The van der Waals surface area contributed by atoms with Crippen LogP contribution in [0.15, 0.2) is 47.0 Å². The van der Waals surface area contributed by atoms with E-state index in [9.17, 15) is 26.3 Å². The Hall–Kier alpha value is -3.37. The predicted octanol–water partition coefficient (Wildman–Crippen LogP) is 5.48. The lowest BCUT2D eigenvalue weighted by molar-refractivity contribution is -0.159. The van der Waals surface area contributed by atoms with E-state index in [-0.39, 0.29) is 11.3 Å². The maximum Gasteiger partial charge on any atom is 0.471 e. The van der Waals surface area contributed by atoms with Crippen LogP contribution in [0.25, 0.3) is 22.4 Å². The summed E-state index contributed by atoms with van der Waals surface area (Å²) in [6.45, 7) is 1.99. The average Bonchev–Trinajstić information content (AvgIpc) is 3.27. The SMILES string of the molecule is Cc1nc2cc(C(F)(F)F)ccc2n1Cc1ccc(-c2noc(C(F)(F)F)n2)cc1. The van der Waals surface area contributed by atoms with Crippen LogP contribution >= 0.6 is 0 Å². The number of fused-ring (bicyclic) bond motifs is 1. The van der Waals surface area contributed by atoms with Gasteiger partial charge in [0.05, 0.1) is 16.6 Å². The van der Waals surface area contributed by atoms with Gasteiger partial charge in [0.25, 0.3) is 0 Å². The molecule has 0 atom stereocenters. The van der Waals surface area contributed by atoms with Gasteiger partial charge < -0.3 is 9.09 Å². The van der Waals surface area contributed by atoms with E-state index in [0.717, 1.165) is 17.7 Å². The van der Waals surface area contributed by atoms with Gasteiger partial charge >= 0.3 is 18.2 Å². The Morgan fingerprint density at radius 1 is 0.900 bits per heavy atom. The quantitative estimate of drug-likeness (QED) is 0.407. The fourth-order valence-corrected chi connectivity index (χ4v) is 3.02. The molecule has 0 fully saturated rings. The largest absolute Gasteiger partial charge is 0.471 e. The molecule has 0 radical (unpaired) electrons. The van der Waals surface area contributed by atoms with Crippen LogP contribution in [-0.2, 0) is 18.9 Å². The first-order valence-corrected chi connectivity index (χ1v) is 8.57. The zero-order chi connectivity index (χ0) is 21.7. The van der Waals surface area contributed by atoms with Crippen LogP contribution in [0, 0.1) is 6.92 Å². The molecule has 156 valence electrons. The van der Waals surface area contributed by atoms with Gasteiger partial charge in [0.15, 0.2) is 0 Å². The molecule has 0 amide bonds. The highest BCUT2D eigenvalue weighted by Gasteiger charge is 2.38. The molecule has 2 aromatic carbocycles. The van der Waals surface area contributed by atoms with E-state index in [1.165, 1.54) is 18.2 Å². The number of aryl methyl sites for hydroxylation is 1. The van der Waals surface area contributed by atoms with E-state index in [2.05, 4.69) is 19.6 Å². The number of halogens is 6. The van der Waals surface area contributed by atoms with E-state index < -0.39 is 23.8 Å². The van der Waals surface area contributed by atoms with E-state index in [1.54, 1.807) is 23.6 Å². The lowest BCUT2D eigenvalue weighted by Crippen LogP contribution is -2.05. The van der Waals surface area contributed by atoms with Crippen molar-refractivity contribution in [1.29, 1.82) is 0 Å². The summed E-state index contributed by atoms with van der Waals surface area (Å²) in [7, 11) is 0. The number of benzene rings is 2. The molecule has 0 spiro atoms. The summed E-state index contributed by atoms with van der Waals surface area (Å²) in [6, 6.07) is 9.76. The van der Waals surface area contributed by atoms with Crippen LogP contribution in [0.5, 0.6) is 0 Å². The Labute approximate surface area is 165 Å². The van der Waals surface area contributed by atoms with E-state index in [0.29, 0.717) is 23.4 Å². The molecule has 4 aromatic rings. The van der Waals surface area contributed by atoms with E-state index in [4.69, 9.17) is 0 Å². The molecule has 0 bridgehead atoms. The fraction of sp³-hybridized carbons (Fsp3) is 0.211. The van der Waals surface area contributed by atoms with Gasteiger partial charge in [0, 0.05) is 12.1 Å². The third-order valence-corrected chi connectivity index (χ3v) is 4.49. The summed E-state index contributed by atoms with van der Waals surface area (Å²) >= 11 is 0. The highest BCUT2D eigenvalue weighted by atomic mass is 19.4. The number of hydrogen-bond donors (Lipinski definition) is 0. The van der Waals surface area contributed by atoms with Gasteiger partial charge in [-0.15, -0.1) is 0 Å². The van der Waals surface area contributed by atoms with Crippen molar-refractivity contribution >= 4 is 11.0 Å². The third-order valence-electron chi connectivity index (χ3n) is 4.49. The van der Waals surface area contributed by atoms with Crippen molar-refractivity contribution in [3.8, 4) is 11.4 Å². The van der Waals surface area contributed by atoms with E-state index in [1.807, 2.05) is 0 Å². The molecule has 2 aromatic heterocycles. The minimum absolute atomic E-state index is 0.196.